The molecule has 162 valence electrons. The number of aromatic nitrogens is 1. The summed E-state index contributed by atoms with van der Waals surface area (Å²) in [6.07, 6.45) is 2.40. The van der Waals surface area contributed by atoms with Crippen molar-refractivity contribution in [2.75, 3.05) is 26.2 Å². The molecule has 2 heterocycles. The summed E-state index contributed by atoms with van der Waals surface area (Å²) in [5.41, 5.74) is 1.88. The minimum absolute atomic E-state index is 0.103. The van der Waals surface area contributed by atoms with Gasteiger partial charge >= 0.3 is 0 Å². The van der Waals surface area contributed by atoms with Crippen LogP contribution in [0.1, 0.15) is 30.8 Å². The molecule has 1 unspecified atom stereocenters. The molecular weight excluding hydrogens is 417 g/mol. The lowest BCUT2D eigenvalue weighted by molar-refractivity contribution is -0.133. The van der Waals surface area contributed by atoms with Crippen molar-refractivity contribution >= 4 is 17.5 Å². The Labute approximate surface area is 186 Å². The Morgan fingerprint density at radius 2 is 1.84 bits per heavy atom. The molecule has 0 aliphatic carbocycles. The predicted octanol–water partition coefficient (Wildman–Crippen LogP) is 4.97. The van der Waals surface area contributed by atoms with Crippen molar-refractivity contribution in [3.05, 3.63) is 77.0 Å². The molecular formula is C24H25ClFN3O2. The summed E-state index contributed by atoms with van der Waals surface area (Å²) in [6, 6.07) is 14.2. The number of oxazole rings is 1. The van der Waals surface area contributed by atoms with E-state index in [1.165, 1.54) is 12.1 Å². The van der Waals surface area contributed by atoms with Crippen LogP contribution in [0.3, 0.4) is 0 Å². The highest BCUT2D eigenvalue weighted by molar-refractivity contribution is 6.31. The molecule has 1 fully saturated rings. The van der Waals surface area contributed by atoms with Gasteiger partial charge in [0.05, 0.1) is 6.20 Å². The van der Waals surface area contributed by atoms with Crippen molar-refractivity contribution in [2.45, 2.75) is 25.8 Å². The lowest BCUT2D eigenvalue weighted by Crippen LogP contribution is -2.49. The van der Waals surface area contributed by atoms with Gasteiger partial charge in [-0.05, 0) is 42.8 Å². The molecule has 3 aromatic rings. The maximum Gasteiger partial charge on any atom is 0.223 e. The van der Waals surface area contributed by atoms with E-state index in [4.69, 9.17) is 16.0 Å². The van der Waals surface area contributed by atoms with Gasteiger partial charge in [-0.25, -0.2) is 9.37 Å². The number of halogens is 2. The summed E-state index contributed by atoms with van der Waals surface area (Å²) in [4.78, 5) is 21.2. The molecule has 2 aromatic carbocycles. The fraction of sp³-hybridized carbons (Fsp3) is 0.333. The smallest absolute Gasteiger partial charge is 0.223 e. The molecule has 1 aromatic heterocycles. The van der Waals surface area contributed by atoms with E-state index in [-0.39, 0.29) is 17.8 Å². The predicted molar refractivity (Wildman–Crippen MR) is 118 cm³/mol. The first-order valence-corrected chi connectivity index (χ1v) is 10.9. The Morgan fingerprint density at radius 3 is 2.55 bits per heavy atom. The molecule has 1 atom stereocenters. The number of carbonyl (C=O) groups is 1. The van der Waals surface area contributed by atoms with Gasteiger partial charge < -0.3 is 9.32 Å². The van der Waals surface area contributed by atoms with Crippen molar-refractivity contribution in [3.8, 4) is 11.3 Å². The van der Waals surface area contributed by atoms with Crippen molar-refractivity contribution in [3.63, 3.8) is 0 Å². The second-order valence-corrected chi connectivity index (χ2v) is 8.15. The van der Waals surface area contributed by atoms with E-state index in [2.05, 4.69) is 22.9 Å². The van der Waals surface area contributed by atoms with E-state index in [9.17, 15) is 9.18 Å². The summed E-state index contributed by atoms with van der Waals surface area (Å²) in [6.45, 7) is 5.16. The van der Waals surface area contributed by atoms with Crippen LogP contribution in [0.4, 0.5) is 4.39 Å². The summed E-state index contributed by atoms with van der Waals surface area (Å²) in [5.74, 6) is 0.894. The monoisotopic (exact) mass is 441 g/mol. The number of piperazine rings is 1. The van der Waals surface area contributed by atoms with Crippen LogP contribution in [0.15, 0.2) is 59.1 Å². The lowest BCUT2D eigenvalue weighted by atomic mass is 10.1. The van der Waals surface area contributed by atoms with Crippen LogP contribution in [0.2, 0.25) is 5.02 Å². The highest BCUT2D eigenvalue weighted by Crippen LogP contribution is 2.28. The number of hydrogen-bond acceptors (Lipinski definition) is 4. The molecule has 7 heteroatoms. The quantitative estimate of drug-likeness (QED) is 0.541. The molecule has 31 heavy (non-hydrogen) atoms. The molecule has 1 aliphatic rings. The standard InChI is InChI=1S/C24H25ClFN3O2/c1-17(20-4-2-3-5-21(20)25)28-12-14-29(15-13-28)24(30)11-10-23-27-16-22(31-23)18-6-8-19(26)9-7-18/h2-9,16-17H,10-15H2,1H3. The van der Waals surface area contributed by atoms with Gasteiger partial charge in [0.1, 0.15) is 5.82 Å². The first-order valence-electron chi connectivity index (χ1n) is 10.5. The first kappa shape index (κ1) is 21.5. The third kappa shape index (κ3) is 5.14. The molecule has 1 amide bonds. The van der Waals surface area contributed by atoms with Crippen molar-refractivity contribution in [1.82, 2.24) is 14.8 Å². The number of carbonyl (C=O) groups excluding carboxylic acids is 1. The summed E-state index contributed by atoms with van der Waals surface area (Å²) in [7, 11) is 0. The molecule has 0 bridgehead atoms. The molecule has 0 radical (unpaired) electrons. The van der Waals surface area contributed by atoms with Crippen LogP contribution in [0, 0.1) is 5.82 Å². The van der Waals surface area contributed by atoms with Crippen LogP contribution < -0.4 is 0 Å². The Hall–Kier alpha value is -2.70. The Kier molecular flexibility index (Phi) is 6.68. The van der Waals surface area contributed by atoms with Crippen LogP contribution >= 0.6 is 11.6 Å². The molecule has 0 saturated carbocycles. The van der Waals surface area contributed by atoms with E-state index in [1.807, 2.05) is 23.1 Å². The normalized spacial score (nSPS) is 15.8. The molecule has 1 saturated heterocycles. The largest absolute Gasteiger partial charge is 0.441 e. The van der Waals surface area contributed by atoms with E-state index in [0.29, 0.717) is 37.6 Å². The second kappa shape index (κ2) is 9.62. The third-order valence-corrected chi connectivity index (χ3v) is 6.15. The topological polar surface area (TPSA) is 49.6 Å². The Balaban J connectivity index is 1.27. The van der Waals surface area contributed by atoms with Gasteiger partial charge in [0, 0.05) is 55.6 Å². The van der Waals surface area contributed by atoms with Crippen molar-refractivity contribution in [1.29, 1.82) is 0 Å². The fourth-order valence-corrected chi connectivity index (χ4v) is 4.21. The van der Waals surface area contributed by atoms with Gasteiger partial charge in [0.15, 0.2) is 11.7 Å². The van der Waals surface area contributed by atoms with Crippen LogP contribution in [0.5, 0.6) is 0 Å². The first-order chi connectivity index (χ1) is 15.0. The zero-order valence-electron chi connectivity index (χ0n) is 17.4. The lowest BCUT2D eigenvalue weighted by Gasteiger charge is -2.38. The van der Waals surface area contributed by atoms with Gasteiger partial charge in [0.25, 0.3) is 0 Å². The average molecular weight is 442 g/mol. The summed E-state index contributed by atoms with van der Waals surface area (Å²) < 4.78 is 18.8. The number of aryl methyl sites for hydroxylation is 1. The molecule has 5 nitrogen and oxygen atoms in total. The van der Waals surface area contributed by atoms with Crippen LogP contribution in [0.25, 0.3) is 11.3 Å². The maximum atomic E-state index is 13.1. The van der Waals surface area contributed by atoms with Crippen LogP contribution in [-0.2, 0) is 11.2 Å². The van der Waals surface area contributed by atoms with Gasteiger partial charge in [-0.2, -0.15) is 0 Å². The van der Waals surface area contributed by atoms with Gasteiger partial charge in [-0.3, -0.25) is 9.69 Å². The number of rotatable bonds is 6. The highest BCUT2D eigenvalue weighted by atomic mass is 35.5. The van der Waals surface area contributed by atoms with E-state index in [0.717, 1.165) is 29.2 Å². The highest BCUT2D eigenvalue weighted by Gasteiger charge is 2.25. The fourth-order valence-electron chi connectivity index (χ4n) is 3.91. The van der Waals surface area contributed by atoms with Gasteiger partial charge in [-0.15, -0.1) is 0 Å². The van der Waals surface area contributed by atoms with Crippen LogP contribution in [-0.4, -0.2) is 46.9 Å². The van der Waals surface area contributed by atoms with E-state index in [1.54, 1.807) is 18.3 Å². The number of nitrogens with zero attached hydrogens (tertiary/aromatic N) is 3. The maximum absolute atomic E-state index is 13.1. The SMILES string of the molecule is CC(c1ccccc1Cl)N1CCN(C(=O)CCc2ncc(-c3ccc(F)cc3)o2)CC1. The molecule has 0 N–H and O–H groups in total. The molecule has 0 spiro atoms. The van der Waals surface area contributed by atoms with E-state index < -0.39 is 0 Å². The van der Waals surface area contributed by atoms with Crippen molar-refractivity contribution in [2.24, 2.45) is 0 Å². The number of amides is 1. The molecule has 1 aliphatic heterocycles. The Morgan fingerprint density at radius 1 is 1.13 bits per heavy atom. The Bertz CT molecular complexity index is 1030. The zero-order chi connectivity index (χ0) is 21.8. The number of benzene rings is 2. The number of hydrogen-bond donors (Lipinski definition) is 0. The van der Waals surface area contributed by atoms with Gasteiger partial charge in [0.2, 0.25) is 5.91 Å². The van der Waals surface area contributed by atoms with Crippen molar-refractivity contribution < 1.29 is 13.6 Å². The zero-order valence-corrected chi connectivity index (χ0v) is 18.2. The average Bonchev–Trinajstić information content (AvgIpc) is 3.27. The van der Waals surface area contributed by atoms with Gasteiger partial charge in [-0.1, -0.05) is 29.8 Å². The summed E-state index contributed by atoms with van der Waals surface area (Å²) >= 11 is 6.34. The minimum Gasteiger partial charge on any atom is -0.441 e. The summed E-state index contributed by atoms with van der Waals surface area (Å²) in [5, 5.41) is 0.777. The second-order valence-electron chi connectivity index (χ2n) is 7.74. The van der Waals surface area contributed by atoms with E-state index >= 15 is 0 Å². The minimum atomic E-state index is -0.296. The molecule has 4 rings (SSSR count). The third-order valence-electron chi connectivity index (χ3n) is 5.81.